The van der Waals surface area contributed by atoms with E-state index in [-0.39, 0.29) is 54.3 Å². The second-order valence-electron chi connectivity index (χ2n) is 12.9. The number of nitrogens with zero attached hydrogens (tertiary/aromatic N) is 4. The fourth-order valence-corrected chi connectivity index (χ4v) is 6.41. The first-order chi connectivity index (χ1) is 24.5. The molecule has 2 aliphatic rings. The average Bonchev–Trinajstić information content (AvgIpc) is 3.45. The molecule has 51 heavy (non-hydrogen) atoms. The van der Waals surface area contributed by atoms with Crippen LogP contribution in [0.4, 0.5) is 0 Å². The number of amides is 3. The van der Waals surface area contributed by atoms with Crippen molar-refractivity contribution >= 4 is 17.7 Å². The maximum Gasteiger partial charge on any atom is 0.276 e. The highest BCUT2D eigenvalue weighted by atomic mass is 16.5. The van der Waals surface area contributed by atoms with E-state index >= 15 is 0 Å². The molecule has 268 valence electrons. The predicted octanol–water partition coefficient (Wildman–Crippen LogP) is 4.44. The van der Waals surface area contributed by atoms with Gasteiger partial charge in [-0.05, 0) is 80.6 Å². The van der Waals surface area contributed by atoms with Gasteiger partial charge in [-0.15, -0.1) is 0 Å². The number of aryl methyl sites for hydroxylation is 2. The topological polar surface area (TPSA) is 145 Å². The van der Waals surface area contributed by atoms with E-state index in [1.54, 1.807) is 55.1 Å². The Labute approximate surface area is 296 Å². The van der Waals surface area contributed by atoms with Crippen molar-refractivity contribution < 1.29 is 33.0 Å². The zero-order chi connectivity index (χ0) is 36.2. The highest BCUT2D eigenvalue weighted by Gasteiger charge is 2.27. The summed E-state index contributed by atoms with van der Waals surface area (Å²) in [6, 6.07) is 10.7. The SMILES string of the molecule is COc1ccc2cc1-c1cc3c(c(c1)OCCCN(C(=O)c1cc(C)c(C)n(C)c1=O)CCCCNC2=O)OCCN(C(=O)c1coc(C)n1)C3. The fraction of sp³-hybridized carbons (Fsp3) is 0.395. The molecule has 0 fully saturated rings. The summed E-state index contributed by atoms with van der Waals surface area (Å²) < 4.78 is 25.2. The third-order valence-corrected chi connectivity index (χ3v) is 9.46. The van der Waals surface area contributed by atoms with Crippen LogP contribution in [-0.4, -0.2) is 83.6 Å². The Morgan fingerprint density at radius 3 is 2.45 bits per heavy atom. The number of fused-ring (bicyclic) bond motifs is 7. The molecular weight excluding hydrogens is 654 g/mol. The molecular formula is C38H43N5O8. The summed E-state index contributed by atoms with van der Waals surface area (Å²) in [5.41, 5.74) is 4.18. The molecule has 3 amide bonds. The summed E-state index contributed by atoms with van der Waals surface area (Å²) in [6.45, 7) is 7.55. The lowest BCUT2D eigenvalue weighted by Gasteiger charge is -2.24. The number of pyridine rings is 1. The standard InChI is InChI=1S/C38H43N5O8/c1-23-17-30(36(45)41(4)24(23)2)37(46)42-12-7-6-11-39-35(44)26-9-10-32(48-5)29(19-26)27-18-28-21-43(38(47)31-22-51-25(3)40-31)14-16-50-34(28)33(20-27)49-15-8-13-42/h9-10,17-20,22H,6-8,11-16,21H2,1-5H3,(H,39,44). The summed E-state index contributed by atoms with van der Waals surface area (Å²) in [7, 11) is 3.24. The number of carbonyl (C=O) groups is 3. The number of hydrogen-bond acceptors (Lipinski definition) is 9. The first-order valence-corrected chi connectivity index (χ1v) is 17.1. The molecule has 0 aliphatic carbocycles. The maximum absolute atomic E-state index is 13.8. The van der Waals surface area contributed by atoms with Crippen LogP contribution in [0, 0.1) is 20.8 Å². The van der Waals surface area contributed by atoms with E-state index in [0.29, 0.717) is 90.8 Å². The fourth-order valence-electron chi connectivity index (χ4n) is 6.41. The van der Waals surface area contributed by atoms with Crippen LogP contribution < -0.4 is 25.1 Å². The Morgan fingerprint density at radius 2 is 1.69 bits per heavy atom. The van der Waals surface area contributed by atoms with Crippen molar-refractivity contribution in [2.24, 2.45) is 7.05 Å². The van der Waals surface area contributed by atoms with Gasteiger partial charge in [-0.2, -0.15) is 0 Å². The van der Waals surface area contributed by atoms with Gasteiger partial charge in [0.2, 0.25) is 0 Å². The van der Waals surface area contributed by atoms with Crippen molar-refractivity contribution in [2.45, 2.75) is 46.6 Å². The summed E-state index contributed by atoms with van der Waals surface area (Å²) in [4.78, 5) is 61.3. The zero-order valence-electron chi connectivity index (χ0n) is 29.7. The van der Waals surface area contributed by atoms with Gasteiger partial charge in [0.25, 0.3) is 23.3 Å². The minimum Gasteiger partial charge on any atom is -0.496 e. The van der Waals surface area contributed by atoms with E-state index in [0.717, 1.165) is 11.3 Å². The third kappa shape index (κ3) is 7.47. The first-order valence-electron chi connectivity index (χ1n) is 17.1. The van der Waals surface area contributed by atoms with E-state index in [4.69, 9.17) is 18.6 Å². The van der Waals surface area contributed by atoms with Crippen LogP contribution in [-0.2, 0) is 13.6 Å². The van der Waals surface area contributed by atoms with Crippen LogP contribution >= 0.6 is 0 Å². The van der Waals surface area contributed by atoms with Crippen molar-refractivity contribution in [3.8, 4) is 28.4 Å². The minimum absolute atomic E-state index is 0.125. The zero-order valence-corrected chi connectivity index (χ0v) is 29.7. The van der Waals surface area contributed by atoms with Crippen molar-refractivity contribution in [1.29, 1.82) is 0 Å². The molecule has 13 heteroatoms. The van der Waals surface area contributed by atoms with Gasteiger partial charge in [0.15, 0.2) is 23.1 Å². The summed E-state index contributed by atoms with van der Waals surface area (Å²) in [5, 5.41) is 2.99. The summed E-state index contributed by atoms with van der Waals surface area (Å²) in [5.74, 6) is 1.03. The second kappa shape index (κ2) is 15.1. The molecule has 2 aromatic heterocycles. The van der Waals surface area contributed by atoms with Gasteiger partial charge in [-0.25, -0.2) is 4.98 Å². The molecule has 13 nitrogen and oxygen atoms in total. The van der Waals surface area contributed by atoms with Crippen LogP contribution in [0.2, 0.25) is 0 Å². The van der Waals surface area contributed by atoms with Crippen molar-refractivity contribution in [3.05, 3.63) is 92.5 Å². The molecule has 0 saturated heterocycles. The van der Waals surface area contributed by atoms with E-state index in [1.807, 2.05) is 26.0 Å². The molecule has 0 spiro atoms. The van der Waals surface area contributed by atoms with Gasteiger partial charge in [-0.1, -0.05) is 0 Å². The Hall–Kier alpha value is -5.59. The molecule has 1 N–H and O–H groups in total. The molecule has 4 aromatic rings. The number of nitrogens with one attached hydrogen (secondary N) is 1. The Balaban J connectivity index is 1.35. The summed E-state index contributed by atoms with van der Waals surface area (Å²) >= 11 is 0. The second-order valence-corrected chi connectivity index (χ2v) is 12.9. The predicted molar refractivity (Wildman–Crippen MR) is 189 cm³/mol. The molecule has 0 unspecified atom stereocenters. The number of oxazole rings is 1. The van der Waals surface area contributed by atoms with Crippen LogP contribution in [0.3, 0.4) is 0 Å². The van der Waals surface area contributed by atoms with Crippen molar-refractivity contribution in [2.75, 3.05) is 46.5 Å². The highest BCUT2D eigenvalue weighted by Crippen LogP contribution is 2.41. The lowest BCUT2D eigenvalue weighted by atomic mass is 9.98. The number of carbonyl (C=O) groups excluding carboxylic acids is 3. The van der Waals surface area contributed by atoms with Crippen LogP contribution in [0.1, 0.15) is 73.2 Å². The van der Waals surface area contributed by atoms with Gasteiger partial charge in [0.1, 0.15) is 24.2 Å². The average molecular weight is 698 g/mol. The number of aromatic nitrogens is 2. The van der Waals surface area contributed by atoms with Crippen LogP contribution in [0.25, 0.3) is 11.1 Å². The van der Waals surface area contributed by atoms with Crippen molar-refractivity contribution in [1.82, 2.24) is 24.7 Å². The molecule has 4 bridgehead atoms. The van der Waals surface area contributed by atoms with Gasteiger partial charge in [0.05, 0.1) is 20.3 Å². The smallest absolute Gasteiger partial charge is 0.276 e. The number of methoxy groups -OCH3 is 1. The molecule has 2 aliphatic heterocycles. The number of ether oxygens (including phenoxy) is 3. The molecule has 0 saturated carbocycles. The highest BCUT2D eigenvalue weighted by molar-refractivity contribution is 5.96. The van der Waals surface area contributed by atoms with Gasteiger partial charge >= 0.3 is 0 Å². The van der Waals surface area contributed by atoms with Gasteiger partial charge in [-0.3, -0.25) is 19.2 Å². The van der Waals surface area contributed by atoms with E-state index < -0.39 is 0 Å². The lowest BCUT2D eigenvalue weighted by molar-refractivity contribution is 0.0725. The maximum atomic E-state index is 13.8. The van der Waals surface area contributed by atoms with E-state index in [1.165, 1.54) is 10.8 Å². The van der Waals surface area contributed by atoms with Crippen molar-refractivity contribution in [3.63, 3.8) is 0 Å². The van der Waals surface area contributed by atoms with Gasteiger partial charge in [0, 0.05) is 62.5 Å². The Morgan fingerprint density at radius 1 is 0.882 bits per heavy atom. The van der Waals surface area contributed by atoms with Crippen LogP contribution in [0.5, 0.6) is 17.2 Å². The number of rotatable bonds is 3. The largest absolute Gasteiger partial charge is 0.496 e. The lowest BCUT2D eigenvalue weighted by Crippen LogP contribution is -2.38. The van der Waals surface area contributed by atoms with Crippen LogP contribution in [0.15, 0.2) is 51.9 Å². The van der Waals surface area contributed by atoms with Gasteiger partial charge < -0.3 is 38.3 Å². The minimum atomic E-state index is -0.338. The molecule has 2 aromatic carbocycles. The number of hydrogen-bond donors (Lipinski definition) is 1. The van der Waals surface area contributed by atoms with E-state index in [9.17, 15) is 19.2 Å². The Bertz CT molecular complexity index is 2030. The third-order valence-electron chi connectivity index (χ3n) is 9.46. The molecule has 6 rings (SSSR count). The molecule has 4 heterocycles. The molecule has 0 atom stereocenters. The first kappa shape index (κ1) is 35.2. The monoisotopic (exact) mass is 697 g/mol. The summed E-state index contributed by atoms with van der Waals surface area (Å²) in [6.07, 6.45) is 3.08. The Kier molecular flexibility index (Phi) is 10.4. The van der Waals surface area contributed by atoms with E-state index in [2.05, 4.69) is 10.3 Å². The normalized spacial score (nSPS) is 15.4. The molecule has 0 radical (unpaired) electrons. The quantitative estimate of drug-likeness (QED) is 0.328. The number of benzene rings is 2.